The molecule has 0 spiro atoms. The maximum Gasteiger partial charge on any atom is 0.335 e. The minimum atomic E-state index is -1.92. The molecule has 1 aliphatic rings. The number of ether oxygens (including phenoxy) is 5. The Bertz CT molecular complexity index is 1700. The van der Waals surface area contributed by atoms with Gasteiger partial charge < -0.3 is 39.0 Å². The molecule has 0 aromatic carbocycles. The molecule has 1 aliphatic heterocycles. The number of rotatable bonds is 53. The molecule has 0 radical (unpaired) electrons. The number of unbranched alkanes of at least 4 members (excludes halogenated alkanes) is 25. The Morgan fingerprint density at radius 1 is 0.430 bits per heavy atom. The topological polar surface area (TPSA) is 175 Å². The number of aliphatic hydroxyl groups excluding tert-OH is 2. The third-order valence-electron chi connectivity index (χ3n) is 14.0. The molecule has 0 bridgehead atoms. The fraction of sp³-hybridized carbons (Fsp3) is 0.731. The molecule has 12 nitrogen and oxygen atoms in total. The second-order valence-electron chi connectivity index (χ2n) is 21.3. The summed E-state index contributed by atoms with van der Waals surface area (Å²) >= 11 is 0. The molecule has 6 atom stereocenters. The molecule has 0 aliphatic carbocycles. The summed E-state index contributed by atoms with van der Waals surface area (Å²) < 4.78 is 28.5. The van der Waals surface area contributed by atoms with E-state index in [1.165, 1.54) is 83.5 Å². The van der Waals surface area contributed by atoms with Crippen LogP contribution in [0.5, 0.6) is 0 Å². The molecule has 79 heavy (non-hydrogen) atoms. The van der Waals surface area contributed by atoms with Crippen molar-refractivity contribution in [1.29, 1.82) is 0 Å². The molecule has 452 valence electrons. The Labute approximate surface area is 480 Å². The van der Waals surface area contributed by atoms with Crippen molar-refractivity contribution in [2.24, 2.45) is 0 Å². The first-order valence-corrected chi connectivity index (χ1v) is 31.6. The van der Waals surface area contributed by atoms with Gasteiger partial charge in [0.15, 0.2) is 24.6 Å². The first kappa shape index (κ1) is 72.9. The van der Waals surface area contributed by atoms with E-state index in [1.54, 1.807) is 0 Å². The van der Waals surface area contributed by atoms with Crippen molar-refractivity contribution in [2.75, 3.05) is 13.2 Å². The fourth-order valence-electron chi connectivity index (χ4n) is 9.13. The van der Waals surface area contributed by atoms with Crippen LogP contribution in [0.4, 0.5) is 0 Å². The van der Waals surface area contributed by atoms with Crippen LogP contribution in [0.25, 0.3) is 0 Å². The number of aliphatic hydroxyl groups is 2. The zero-order valence-electron chi connectivity index (χ0n) is 49.8. The summed E-state index contributed by atoms with van der Waals surface area (Å²) in [6.45, 7) is 5.85. The van der Waals surface area contributed by atoms with E-state index in [4.69, 9.17) is 23.7 Å². The highest BCUT2D eigenvalue weighted by Gasteiger charge is 2.50. The van der Waals surface area contributed by atoms with Gasteiger partial charge in [0.25, 0.3) is 0 Å². The van der Waals surface area contributed by atoms with Crippen LogP contribution in [0.15, 0.2) is 85.1 Å². The van der Waals surface area contributed by atoms with E-state index in [2.05, 4.69) is 106 Å². The molecule has 0 amide bonds. The van der Waals surface area contributed by atoms with Crippen molar-refractivity contribution in [3.8, 4) is 0 Å². The van der Waals surface area contributed by atoms with E-state index in [0.717, 1.165) is 122 Å². The van der Waals surface area contributed by atoms with Crippen LogP contribution in [0.3, 0.4) is 0 Å². The van der Waals surface area contributed by atoms with Crippen molar-refractivity contribution < 1.29 is 58.2 Å². The van der Waals surface area contributed by atoms with Crippen molar-refractivity contribution >= 4 is 23.9 Å². The molecule has 0 aromatic heterocycles. The Morgan fingerprint density at radius 2 is 0.797 bits per heavy atom. The number of hydrogen-bond acceptors (Lipinski definition) is 11. The van der Waals surface area contributed by atoms with Gasteiger partial charge in [-0.3, -0.25) is 14.4 Å². The van der Waals surface area contributed by atoms with Crippen molar-refractivity contribution in [3.05, 3.63) is 85.1 Å². The SMILES string of the molecule is CC/C=C\C/C=C\C/C=C\C/C=C\CCCCCCC(=O)OC1C(OCC(COC(=O)CCCCCCCC/C=C\C/C=C\C/C=C\CCCCC)OC(=O)CCCCCCCCCCCCCCC)OC(C(=O)O)C(O)C1O. The summed E-state index contributed by atoms with van der Waals surface area (Å²) in [7, 11) is 0. The highest BCUT2D eigenvalue weighted by Crippen LogP contribution is 2.26. The first-order chi connectivity index (χ1) is 38.6. The van der Waals surface area contributed by atoms with Crippen molar-refractivity contribution in [1.82, 2.24) is 0 Å². The van der Waals surface area contributed by atoms with Gasteiger partial charge in [-0.15, -0.1) is 0 Å². The molecule has 1 heterocycles. The lowest BCUT2D eigenvalue weighted by atomic mass is 9.98. The van der Waals surface area contributed by atoms with Crippen LogP contribution in [-0.2, 0) is 42.9 Å². The predicted octanol–water partition coefficient (Wildman–Crippen LogP) is 16.7. The highest BCUT2D eigenvalue weighted by atomic mass is 16.7. The smallest absolute Gasteiger partial charge is 0.335 e. The van der Waals surface area contributed by atoms with E-state index >= 15 is 0 Å². The summed E-state index contributed by atoms with van der Waals surface area (Å²) in [5.41, 5.74) is 0. The minimum Gasteiger partial charge on any atom is -0.479 e. The number of aliphatic carboxylic acids is 1. The molecule has 1 rings (SSSR count). The van der Waals surface area contributed by atoms with Crippen LogP contribution in [0.1, 0.15) is 265 Å². The number of allylic oxidation sites excluding steroid dienone is 14. The highest BCUT2D eigenvalue weighted by molar-refractivity contribution is 5.74. The summed E-state index contributed by atoms with van der Waals surface area (Å²) in [6.07, 6.45) is 58.2. The molecule has 3 N–H and O–H groups in total. The molecule has 1 fully saturated rings. The molecular formula is C67H112O12. The lowest BCUT2D eigenvalue weighted by Gasteiger charge is -2.40. The van der Waals surface area contributed by atoms with Gasteiger partial charge >= 0.3 is 23.9 Å². The lowest BCUT2D eigenvalue weighted by molar-refractivity contribution is -0.301. The van der Waals surface area contributed by atoms with Crippen LogP contribution < -0.4 is 0 Å². The van der Waals surface area contributed by atoms with E-state index in [1.807, 2.05) is 0 Å². The maximum atomic E-state index is 13.2. The van der Waals surface area contributed by atoms with Crippen LogP contribution in [-0.4, -0.2) is 89.2 Å². The molecule has 1 saturated heterocycles. The standard InChI is InChI=1S/C67H112O12/c1-4-7-10-13-16-19-22-25-27-29-30-32-33-36-38-41-44-47-50-53-59(68)75-56-58(77-60(69)54-51-48-45-42-39-35-24-21-18-15-12-9-6-3)57-76-67-65(63(72)62(71)64(79-67)66(73)74)78-61(70)55-52-49-46-43-40-37-34-31-28-26-23-20-17-14-11-8-5-2/h8,11,16-17,19-20,25-28,30,32,34,37,58,62-65,67,71-72H,4-7,9-10,12-15,18,21-24,29,31,33,35-36,38-57H2,1-3H3,(H,73,74)/b11-8-,19-16-,20-17-,27-25-,28-26-,32-30-,37-34-. The normalized spacial score (nSPS) is 18.4. The largest absolute Gasteiger partial charge is 0.479 e. The van der Waals surface area contributed by atoms with Gasteiger partial charge in [0.05, 0.1) is 6.61 Å². The molecule has 6 unspecified atom stereocenters. The Kier molecular flexibility index (Phi) is 50.3. The second kappa shape index (κ2) is 54.5. The summed E-state index contributed by atoms with van der Waals surface area (Å²) in [4.78, 5) is 51.2. The average Bonchev–Trinajstić information content (AvgIpc) is 3.46. The summed E-state index contributed by atoms with van der Waals surface area (Å²) in [5.74, 6) is -3.16. The first-order valence-electron chi connectivity index (χ1n) is 31.6. The zero-order chi connectivity index (χ0) is 57.5. The number of carbonyl (C=O) groups is 4. The van der Waals surface area contributed by atoms with Gasteiger partial charge in [0.1, 0.15) is 18.8 Å². The number of carbonyl (C=O) groups excluding carboxylic acids is 3. The van der Waals surface area contributed by atoms with E-state index in [-0.39, 0.29) is 25.9 Å². The van der Waals surface area contributed by atoms with Gasteiger partial charge in [-0.2, -0.15) is 0 Å². The predicted molar refractivity (Wildman–Crippen MR) is 321 cm³/mol. The van der Waals surface area contributed by atoms with Gasteiger partial charge in [0, 0.05) is 19.3 Å². The number of carboxylic acids is 1. The Hall–Kier alpha value is -4.10. The maximum absolute atomic E-state index is 13.2. The Morgan fingerprint density at radius 3 is 1.24 bits per heavy atom. The van der Waals surface area contributed by atoms with Gasteiger partial charge in [-0.05, 0) is 96.3 Å². The summed E-state index contributed by atoms with van der Waals surface area (Å²) in [6, 6.07) is 0. The van der Waals surface area contributed by atoms with E-state index in [9.17, 15) is 34.5 Å². The third-order valence-corrected chi connectivity index (χ3v) is 14.0. The average molecular weight is 1110 g/mol. The van der Waals surface area contributed by atoms with Crippen LogP contribution in [0.2, 0.25) is 0 Å². The molecule has 0 aromatic rings. The minimum absolute atomic E-state index is 0.0294. The molecular weight excluding hydrogens is 997 g/mol. The van der Waals surface area contributed by atoms with Gasteiger partial charge in [-0.1, -0.05) is 234 Å². The van der Waals surface area contributed by atoms with Crippen molar-refractivity contribution in [2.45, 2.75) is 302 Å². The van der Waals surface area contributed by atoms with Crippen molar-refractivity contribution in [3.63, 3.8) is 0 Å². The van der Waals surface area contributed by atoms with Crippen LogP contribution >= 0.6 is 0 Å². The zero-order valence-corrected chi connectivity index (χ0v) is 49.8. The molecule has 0 saturated carbocycles. The van der Waals surface area contributed by atoms with E-state index < -0.39 is 67.3 Å². The lowest BCUT2D eigenvalue weighted by Crippen LogP contribution is -2.61. The third kappa shape index (κ3) is 44.3. The number of carboxylic acid groups (broad SMARTS) is 1. The van der Waals surface area contributed by atoms with Gasteiger partial charge in [-0.25, -0.2) is 4.79 Å². The Balaban J connectivity index is 2.68. The monoisotopic (exact) mass is 1110 g/mol. The van der Waals surface area contributed by atoms with Crippen LogP contribution in [0, 0.1) is 0 Å². The van der Waals surface area contributed by atoms with E-state index in [0.29, 0.717) is 19.3 Å². The quantitative estimate of drug-likeness (QED) is 0.0228. The molecule has 12 heteroatoms. The number of hydrogen-bond donors (Lipinski definition) is 3. The van der Waals surface area contributed by atoms with Gasteiger partial charge in [0.2, 0.25) is 0 Å². The number of esters is 3. The fourth-order valence-corrected chi connectivity index (χ4v) is 9.13. The second-order valence-corrected chi connectivity index (χ2v) is 21.3. The summed E-state index contributed by atoms with van der Waals surface area (Å²) in [5, 5.41) is 31.5.